The van der Waals surface area contributed by atoms with Gasteiger partial charge in [0.2, 0.25) is 5.91 Å². The van der Waals surface area contributed by atoms with Gasteiger partial charge in [0, 0.05) is 6.42 Å². The van der Waals surface area contributed by atoms with Gasteiger partial charge in [-0.1, -0.05) is 302 Å². The molecule has 0 aromatic rings. The van der Waals surface area contributed by atoms with Gasteiger partial charge in [-0.3, -0.25) is 9.36 Å². The summed E-state index contributed by atoms with van der Waals surface area (Å²) in [6, 6.07) is -0.797. The molecule has 0 heterocycles. The topological polar surface area (TPSA) is 108 Å². The van der Waals surface area contributed by atoms with Crippen LogP contribution in [0.4, 0.5) is 0 Å². The van der Waals surface area contributed by atoms with Crippen LogP contribution in [0.2, 0.25) is 0 Å². The smallest absolute Gasteiger partial charge is 0.268 e. The van der Waals surface area contributed by atoms with Crippen LogP contribution in [0, 0.1) is 0 Å². The van der Waals surface area contributed by atoms with Gasteiger partial charge in [0.25, 0.3) is 7.82 Å². The van der Waals surface area contributed by atoms with Crippen molar-refractivity contribution in [1.29, 1.82) is 0 Å². The third kappa shape index (κ3) is 57.0. The summed E-state index contributed by atoms with van der Waals surface area (Å²) in [4.78, 5) is 25.5. The molecular weight excluding hydrogens is 912 g/mol. The predicted molar refractivity (Wildman–Crippen MR) is 312 cm³/mol. The molecule has 0 spiro atoms. The number of aliphatic hydroxyl groups is 1. The molecule has 0 aliphatic heterocycles. The molecule has 72 heavy (non-hydrogen) atoms. The first-order valence-electron chi connectivity index (χ1n) is 32.0. The van der Waals surface area contributed by atoms with E-state index in [2.05, 4.69) is 31.3 Å². The fourth-order valence-electron chi connectivity index (χ4n) is 9.98. The SMILES string of the molecule is CCCCCCCCCCCCCCCC/C=C\CCCCCCCCCCCCCCCCCCCC(=O)NC(COP(=O)([O-])OCC[N+](C)(C)C)C(O)CCCCCCCCCCCCCCCCC. The van der Waals surface area contributed by atoms with Gasteiger partial charge in [0.1, 0.15) is 13.2 Å². The fourth-order valence-corrected chi connectivity index (χ4v) is 10.7. The molecule has 430 valence electrons. The van der Waals surface area contributed by atoms with Crippen molar-refractivity contribution >= 4 is 13.7 Å². The minimum atomic E-state index is -4.57. The van der Waals surface area contributed by atoms with E-state index in [-0.39, 0.29) is 19.1 Å². The second-order valence-corrected chi connectivity index (χ2v) is 24.9. The second kappa shape index (κ2) is 55.0. The molecular formula is C63H127N2O6P. The summed E-state index contributed by atoms with van der Waals surface area (Å²) in [5.41, 5.74) is 0. The Morgan fingerprint density at radius 1 is 0.472 bits per heavy atom. The average molecular weight is 1040 g/mol. The number of nitrogens with zero attached hydrogens (tertiary/aromatic N) is 1. The number of phosphoric ester groups is 1. The zero-order chi connectivity index (χ0) is 52.7. The van der Waals surface area contributed by atoms with Gasteiger partial charge in [-0.25, -0.2) is 0 Å². The number of rotatable bonds is 60. The van der Waals surface area contributed by atoms with Crippen molar-refractivity contribution in [3.63, 3.8) is 0 Å². The summed E-state index contributed by atoms with van der Waals surface area (Å²) < 4.78 is 23.4. The number of nitrogens with one attached hydrogen (secondary N) is 1. The van der Waals surface area contributed by atoms with Crippen LogP contribution in [0.3, 0.4) is 0 Å². The third-order valence-electron chi connectivity index (χ3n) is 15.0. The molecule has 0 radical (unpaired) electrons. The lowest BCUT2D eigenvalue weighted by atomic mass is 10.0. The minimum Gasteiger partial charge on any atom is -0.756 e. The van der Waals surface area contributed by atoms with E-state index in [1.54, 1.807) is 0 Å². The highest BCUT2D eigenvalue weighted by molar-refractivity contribution is 7.45. The minimum absolute atomic E-state index is 0.0154. The Bertz CT molecular complexity index is 1180. The summed E-state index contributed by atoms with van der Waals surface area (Å²) in [7, 11) is 1.32. The Labute approximate surface area is 450 Å². The van der Waals surface area contributed by atoms with E-state index in [0.717, 1.165) is 38.5 Å². The standard InChI is InChI=1S/C63H127N2O6P/c1-6-8-10-12-14-16-18-20-22-23-24-25-26-27-28-29-30-31-32-33-34-35-36-37-38-39-40-41-43-45-47-49-51-53-55-57-63(67)64-61(60-71-72(68,69)70-59-58-65(3,4)5)62(66)56-54-52-50-48-46-44-42-21-19-17-15-13-11-9-7-2/h29-30,61-62,66H,6-28,31-60H2,1-5H3,(H-,64,67,68,69)/b30-29-. The van der Waals surface area contributed by atoms with Crippen LogP contribution in [-0.2, 0) is 18.4 Å². The van der Waals surface area contributed by atoms with Gasteiger partial charge in [0.15, 0.2) is 0 Å². The quantitative estimate of drug-likeness (QED) is 0.0272. The van der Waals surface area contributed by atoms with E-state index < -0.39 is 20.0 Å². The van der Waals surface area contributed by atoms with Crippen LogP contribution in [0.25, 0.3) is 0 Å². The average Bonchev–Trinajstić information content (AvgIpc) is 3.34. The lowest BCUT2D eigenvalue weighted by Gasteiger charge is -2.30. The van der Waals surface area contributed by atoms with Crippen molar-refractivity contribution in [3.8, 4) is 0 Å². The highest BCUT2D eigenvalue weighted by Crippen LogP contribution is 2.38. The van der Waals surface area contributed by atoms with Crippen LogP contribution in [-0.4, -0.2) is 68.5 Å². The zero-order valence-electron chi connectivity index (χ0n) is 49.2. The molecule has 0 aliphatic rings. The first kappa shape index (κ1) is 71.2. The van der Waals surface area contributed by atoms with Crippen LogP contribution in [0.5, 0.6) is 0 Å². The first-order valence-corrected chi connectivity index (χ1v) is 33.5. The highest BCUT2D eigenvalue weighted by atomic mass is 31.2. The van der Waals surface area contributed by atoms with E-state index in [0.29, 0.717) is 23.9 Å². The number of unbranched alkanes of at least 4 members (excludes halogenated alkanes) is 45. The fraction of sp³-hybridized carbons (Fsp3) is 0.952. The number of likely N-dealkylation sites (N-methyl/N-ethyl adjacent to an activating group) is 1. The van der Waals surface area contributed by atoms with E-state index in [4.69, 9.17) is 9.05 Å². The Balaban J connectivity index is 3.92. The van der Waals surface area contributed by atoms with Crippen molar-refractivity contribution in [2.24, 2.45) is 0 Å². The molecule has 3 unspecified atom stereocenters. The van der Waals surface area contributed by atoms with E-state index >= 15 is 0 Å². The molecule has 0 saturated carbocycles. The molecule has 0 aromatic carbocycles. The van der Waals surface area contributed by atoms with Crippen molar-refractivity contribution in [2.75, 3.05) is 40.9 Å². The maximum atomic E-state index is 13.0. The van der Waals surface area contributed by atoms with Gasteiger partial charge in [0.05, 0.1) is 39.9 Å². The number of allylic oxidation sites excluding steroid dienone is 2. The second-order valence-electron chi connectivity index (χ2n) is 23.5. The number of hydrogen-bond acceptors (Lipinski definition) is 6. The normalized spacial score (nSPS) is 13.8. The number of hydrogen-bond donors (Lipinski definition) is 2. The van der Waals surface area contributed by atoms with E-state index in [1.165, 1.54) is 270 Å². The van der Waals surface area contributed by atoms with Gasteiger partial charge in [-0.05, 0) is 38.5 Å². The largest absolute Gasteiger partial charge is 0.756 e. The van der Waals surface area contributed by atoms with E-state index in [1.807, 2.05) is 21.1 Å². The summed E-state index contributed by atoms with van der Waals surface area (Å²) in [6.07, 6.45) is 68.5. The van der Waals surface area contributed by atoms with Crippen LogP contribution >= 0.6 is 7.82 Å². The number of carbonyl (C=O) groups excluding carboxylic acids is 1. The van der Waals surface area contributed by atoms with Crippen LogP contribution in [0.1, 0.15) is 335 Å². The summed E-state index contributed by atoms with van der Waals surface area (Å²) >= 11 is 0. The molecule has 0 bridgehead atoms. The van der Waals surface area contributed by atoms with Crippen molar-refractivity contribution in [3.05, 3.63) is 12.2 Å². The third-order valence-corrected chi connectivity index (χ3v) is 16.0. The van der Waals surface area contributed by atoms with Crippen molar-refractivity contribution in [2.45, 2.75) is 347 Å². The lowest BCUT2D eigenvalue weighted by Crippen LogP contribution is -2.46. The monoisotopic (exact) mass is 1040 g/mol. The number of quaternary nitrogens is 1. The van der Waals surface area contributed by atoms with Crippen LogP contribution < -0.4 is 10.2 Å². The molecule has 0 aromatic heterocycles. The lowest BCUT2D eigenvalue weighted by molar-refractivity contribution is -0.870. The summed E-state index contributed by atoms with van der Waals surface area (Å²) in [5, 5.41) is 14.0. The Kier molecular flexibility index (Phi) is 54.4. The number of aliphatic hydroxyl groups excluding tert-OH is 1. The Morgan fingerprint density at radius 2 is 0.764 bits per heavy atom. The van der Waals surface area contributed by atoms with Crippen LogP contribution in [0.15, 0.2) is 12.2 Å². The molecule has 0 fully saturated rings. The molecule has 0 saturated heterocycles. The van der Waals surface area contributed by atoms with Gasteiger partial charge in [-0.2, -0.15) is 0 Å². The zero-order valence-corrected chi connectivity index (χ0v) is 50.1. The molecule has 9 heteroatoms. The molecule has 2 N–H and O–H groups in total. The van der Waals surface area contributed by atoms with E-state index in [9.17, 15) is 19.4 Å². The highest BCUT2D eigenvalue weighted by Gasteiger charge is 2.24. The van der Waals surface area contributed by atoms with Gasteiger partial charge in [-0.15, -0.1) is 0 Å². The molecule has 0 aliphatic carbocycles. The first-order chi connectivity index (χ1) is 35.0. The number of carbonyl (C=O) groups is 1. The maximum absolute atomic E-state index is 13.0. The molecule has 1 amide bonds. The number of phosphoric acid groups is 1. The summed E-state index contributed by atoms with van der Waals surface area (Å²) in [5.74, 6) is -0.158. The maximum Gasteiger partial charge on any atom is 0.268 e. The molecule has 8 nitrogen and oxygen atoms in total. The Morgan fingerprint density at radius 3 is 1.08 bits per heavy atom. The van der Waals surface area contributed by atoms with Crippen molar-refractivity contribution < 1.29 is 32.9 Å². The van der Waals surface area contributed by atoms with Gasteiger partial charge < -0.3 is 28.8 Å². The Hall–Kier alpha value is -0.760. The molecule has 0 rings (SSSR count). The summed E-state index contributed by atoms with van der Waals surface area (Å²) in [6.45, 7) is 4.77. The number of amides is 1. The van der Waals surface area contributed by atoms with Crippen molar-refractivity contribution in [1.82, 2.24) is 5.32 Å². The predicted octanol–water partition coefficient (Wildman–Crippen LogP) is 19.1. The van der Waals surface area contributed by atoms with Gasteiger partial charge >= 0.3 is 0 Å². The molecule has 3 atom stereocenters.